The monoisotopic (exact) mass is 384 g/mol. The maximum absolute atomic E-state index is 13.6. The minimum atomic E-state index is -0.925. The van der Waals surface area contributed by atoms with Gasteiger partial charge in [-0.2, -0.15) is 9.37 Å². The molecule has 0 spiro atoms. The topological polar surface area (TPSA) is 126 Å². The Hall–Kier alpha value is -3.66. The average Bonchev–Trinajstić information content (AvgIpc) is 2.69. The number of nitro groups is 1. The molecular formula is C18H17FN6O3. The molecule has 3 N–H and O–H groups in total. The number of aliphatic hydroxyl groups is 1. The zero-order valence-electron chi connectivity index (χ0n) is 14.8. The van der Waals surface area contributed by atoms with E-state index in [9.17, 15) is 19.6 Å². The number of rotatable bonds is 7. The predicted molar refractivity (Wildman–Crippen MR) is 102 cm³/mol. The zero-order valence-corrected chi connectivity index (χ0v) is 14.8. The summed E-state index contributed by atoms with van der Waals surface area (Å²) >= 11 is 0. The number of aliphatic hydroxyl groups excluding tert-OH is 1. The van der Waals surface area contributed by atoms with Crippen molar-refractivity contribution in [3.63, 3.8) is 0 Å². The number of hydrogen-bond acceptors (Lipinski definition) is 8. The van der Waals surface area contributed by atoms with E-state index >= 15 is 0 Å². The molecule has 10 heteroatoms. The molecule has 1 aromatic carbocycles. The van der Waals surface area contributed by atoms with Crippen LogP contribution in [0.15, 0.2) is 48.7 Å². The lowest BCUT2D eigenvalue weighted by Gasteiger charge is -2.14. The molecule has 2 aromatic heterocycles. The number of benzene rings is 1. The van der Waals surface area contributed by atoms with E-state index in [2.05, 4.69) is 25.6 Å². The molecule has 0 aliphatic rings. The SMILES string of the molecule is C[C@H](CO)Nc1nc(Nc2ccc(F)c([N+](=O)[O-])c2)cc(-c2ccccn2)n1. The Morgan fingerprint density at radius 1 is 1.21 bits per heavy atom. The lowest BCUT2D eigenvalue weighted by atomic mass is 10.2. The van der Waals surface area contributed by atoms with E-state index in [0.29, 0.717) is 22.9 Å². The molecule has 0 unspecified atom stereocenters. The maximum atomic E-state index is 13.6. The number of nitro benzene ring substituents is 1. The van der Waals surface area contributed by atoms with E-state index in [4.69, 9.17) is 0 Å². The van der Waals surface area contributed by atoms with Gasteiger partial charge in [0, 0.05) is 30.1 Å². The summed E-state index contributed by atoms with van der Waals surface area (Å²) in [5, 5.41) is 26.1. The van der Waals surface area contributed by atoms with Gasteiger partial charge in [-0.15, -0.1) is 0 Å². The highest BCUT2D eigenvalue weighted by Crippen LogP contribution is 2.26. The van der Waals surface area contributed by atoms with Crippen molar-refractivity contribution >= 4 is 23.1 Å². The smallest absolute Gasteiger partial charge is 0.306 e. The second-order valence-corrected chi connectivity index (χ2v) is 5.95. The van der Waals surface area contributed by atoms with Crippen molar-refractivity contribution in [2.45, 2.75) is 13.0 Å². The maximum Gasteiger partial charge on any atom is 0.306 e. The van der Waals surface area contributed by atoms with E-state index in [0.717, 1.165) is 12.1 Å². The quantitative estimate of drug-likeness (QED) is 0.419. The van der Waals surface area contributed by atoms with Crippen LogP contribution >= 0.6 is 0 Å². The lowest BCUT2D eigenvalue weighted by molar-refractivity contribution is -0.387. The van der Waals surface area contributed by atoms with E-state index < -0.39 is 16.4 Å². The third-order valence-corrected chi connectivity index (χ3v) is 3.72. The number of halogens is 1. The molecule has 1 atom stereocenters. The van der Waals surface area contributed by atoms with Gasteiger partial charge in [0.2, 0.25) is 11.8 Å². The standard InChI is InChI=1S/C18H17FN6O3/c1-11(10-26)21-18-23-15(14-4-2-3-7-20-14)9-17(24-18)22-12-5-6-13(19)16(8-12)25(27)28/h2-9,11,26H,10H2,1H3,(H2,21,22,23,24)/t11-/m1/s1. The summed E-state index contributed by atoms with van der Waals surface area (Å²) in [5.74, 6) is -0.362. The molecule has 28 heavy (non-hydrogen) atoms. The molecule has 0 aliphatic carbocycles. The fourth-order valence-corrected chi connectivity index (χ4v) is 2.37. The Kier molecular flexibility index (Phi) is 5.70. The van der Waals surface area contributed by atoms with Gasteiger partial charge in [0.15, 0.2) is 0 Å². The Labute approximate surface area is 159 Å². The van der Waals surface area contributed by atoms with Gasteiger partial charge < -0.3 is 15.7 Å². The van der Waals surface area contributed by atoms with E-state index in [1.807, 2.05) is 6.07 Å². The van der Waals surface area contributed by atoms with Crippen LogP contribution in [-0.4, -0.2) is 37.6 Å². The first-order valence-corrected chi connectivity index (χ1v) is 8.35. The molecule has 0 saturated heterocycles. The van der Waals surface area contributed by atoms with Crippen LogP contribution in [0.2, 0.25) is 0 Å². The number of nitrogens with one attached hydrogen (secondary N) is 2. The van der Waals surface area contributed by atoms with Crippen LogP contribution in [0.4, 0.5) is 27.5 Å². The molecule has 3 aromatic rings. The first-order chi connectivity index (χ1) is 13.5. The second kappa shape index (κ2) is 8.35. The van der Waals surface area contributed by atoms with E-state index in [-0.39, 0.29) is 18.6 Å². The van der Waals surface area contributed by atoms with Gasteiger partial charge in [-0.1, -0.05) is 6.07 Å². The van der Waals surface area contributed by atoms with Crippen molar-refractivity contribution in [1.29, 1.82) is 0 Å². The highest BCUT2D eigenvalue weighted by molar-refractivity contribution is 5.66. The van der Waals surface area contributed by atoms with Crippen LogP contribution in [0, 0.1) is 15.9 Å². The molecule has 144 valence electrons. The summed E-state index contributed by atoms with van der Waals surface area (Å²) in [6.45, 7) is 1.64. The van der Waals surface area contributed by atoms with Crippen LogP contribution in [0.25, 0.3) is 11.4 Å². The molecular weight excluding hydrogens is 367 g/mol. The third-order valence-electron chi connectivity index (χ3n) is 3.72. The van der Waals surface area contributed by atoms with Crippen molar-refractivity contribution in [2.75, 3.05) is 17.2 Å². The van der Waals surface area contributed by atoms with Gasteiger partial charge in [-0.05, 0) is 31.2 Å². The van der Waals surface area contributed by atoms with Crippen LogP contribution < -0.4 is 10.6 Å². The van der Waals surface area contributed by atoms with Crippen LogP contribution in [0.3, 0.4) is 0 Å². The molecule has 0 aliphatic heterocycles. The number of anilines is 3. The van der Waals surface area contributed by atoms with Gasteiger partial charge in [0.05, 0.1) is 22.9 Å². The zero-order chi connectivity index (χ0) is 20.1. The second-order valence-electron chi connectivity index (χ2n) is 5.95. The largest absolute Gasteiger partial charge is 0.394 e. The summed E-state index contributed by atoms with van der Waals surface area (Å²) in [4.78, 5) is 23.1. The highest BCUT2D eigenvalue weighted by Gasteiger charge is 2.15. The summed E-state index contributed by atoms with van der Waals surface area (Å²) in [7, 11) is 0. The molecule has 0 radical (unpaired) electrons. The summed E-state index contributed by atoms with van der Waals surface area (Å²) < 4.78 is 13.6. The normalized spacial score (nSPS) is 11.7. The summed E-state index contributed by atoms with van der Waals surface area (Å²) in [5.41, 5.74) is 0.747. The Balaban J connectivity index is 1.98. The van der Waals surface area contributed by atoms with Crippen LogP contribution in [0.5, 0.6) is 0 Å². The fraction of sp³-hybridized carbons (Fsp3) is 0.167. The molecule has 0 saturated carbocycles. The Morgan fingerprint density at radius 2 is 2.04 bits per heavy atom. The third kappa shape index (κ3) is 4.54. The average molecular weight is 384 g/mol. The van der Waals surface area contributed by atoms with Gasteiger partial charge in [-0.25, -0.2) is 4.98 Å². The van der Waals surface area contributed by atoms with E-state index in [1.165, 1.54) is 6.07 Å². The first kappa shape index (κ1) is 19.1. The minimum Gasteiger partial charge on any atom is -0.394 e. The predicted octanol–water partition coefficient (Wildman–Crippen LogP) is 3.12. The summed E-state index contributed by atoms with van der Waals surface area (Å²) in [6, 6.07) is 10.1. The van der Waals surface area contributed by atoms with Gasteiger partial charge in [-0.3, -0.25) is 15.1 Å². The van der Waals surface area contributed by atoms with Crippen molar-refractivity contribution in [1.82, 2.24) is 15.0 Å². The molecule has 0 bridgehead atoms. The highest BCUT2D eigenvalue weighted by atomic mass is 19.1. The minimum absolute atomic E-state index is 0.121. The van der Waals surface area contributed by atoms with Gasteiger partial charge in [0.25, 0.3) is 0 Å². The fourth-order valence-electron chi connectivity index (χ4n) is 2.37. The molecule has 3 rings (SSSR count). The molecule has 9 nitrogen and oxygen atoms in total. The van der Waals surface area contributed by atoms with Crippen LogP contribution in [-0.2, 0) is 0 Å². The molecule has 0 fully saturated rings. The first-order valence-electron chi connectivity index (χ1n) is 8.35. The van der Waals surface area contributed by atoms with Gasteiger partial charge in [0.1, 0.15) is 5.82 Å². The van der Waals surface area contributed by atoms with Crippen molar-refractivity contribution in [3.8, 4) is 11.4 Å². The van der Waals surface area contributed by atoms with Gasteiger partial charge >= 0.3 is 5.69 Å². The molecule has 2 heterocycles. The van der Waals surface area contributed by atoms with Crippen molar-refractivity contribution in [3.05, 3.63) is 64.6 Å². The summed E-state index contributed by atoms with van der Waals surface area (Å²) in [6.07, 6.45) is 1.62. The Bertz CT molecular complexity index is 986. The number of hydrogen-bond donors (Lipinski definition) is 3. The van der Waals surface area contributed by atoms with E-state index in [1.54, 1.807) is 31.3 Å². The van der Waals surface area contributed by atoms with Crippen LogP contribution in [0.1, 0.15) is 6.92 Å². The number of nitrogens with zero attached hydrogens (tertiary/aromatic N) is 4. The van der Waals surface area contributed by atoms with Crippen molar-refractivity contribution in [2.24, 2.45) is 0 Å². The lowest BCUT2D eigenvalue weighted by Crippen LogP contribution is -2.21. The number of aromatic nitrogens is 3. The van der Waals surface area contributed by atoms with Crippen molar-refractivity contribution < 1.29 is 14.4 Å². The number of pyridine rings is 1. The molecule has 0 amide bonds. The Morgan fingerprint density at radius 3 is 2.71 bits per heavy atom.